The summed E-state index contributed by atoms with van der Waals surface area (Å²) in [6.07, 6.45) is 14.8. The number of carbonyl (C=O) groups is 1. The predicted molar refractivity (Wildman–Crippen MR) is 130 cm³/mol. The molecule has 1 amide bonds. The molecule has 0 saturated heterocycles. The number of nitrogens with zero attached hydrogens (tertiary/aromatic N) is 2. The van der Waals surface area contributed by atoms with Gasteiger partial charge in [0.1, 0.15) is 0 Å². The zero-order valence-electron chi connectivity index (χ0n) is 20.2. The first-order valence-electron chi connectivity index (χ1n) is 12.8. The van der Waals surface area contributed by atoms with Crippen molar-refractivity contribution in [3.63, 3.8) is 0 Å². The summed E-state index contributed by atoms with van der Waals surface area (Å²) in [4.78, 5) is 23.2. The normalized spacial score (nSPS) is 37.8. The third-order valence-electron chi connectivity index (χ3n) is 9.78. The average molecular weight is 457 g/mol. The first kappa shape index (κ1) is 22.7. The van der Waals surface area contributed by atoms with Crippen LogP contribution < -0.4 is 0 Å². The highest BCUT2D eigenvalue weighted by atomic mass is 32.2. The number of unbranched alkanes of at least 4 members (excludes halogenated alkanes) is 2. The van der Waals surface area contributed by atoms with Gasteiger partial charge in [0, 0.05) is 18.9 Å². The molecule has 4 saturated carbocycles. The molecule has 5 unspecified atom stereocenters. The van der Waals surface area contributed by atoms with Crippen molar-refractivity contribution in [3.05, 3.63) is 30.1 Å². The van der Waals surface area contributed by atoms with Gasteiger partial charge in [-0.3, -0.25) is 14.6 Å². The first-order chi connectivity index (χ1) is 15.4. The van der Waals surface area contributed by atoms with Crippen molar-refractivity contribution in [1.82, 2.24) is 10.0 Å². The van der Waals surface area contributed by atoms with E-state index in [1.807, 2.05) is 24.5 Å². The summed E-state index contributed by atoms with van der Waals surface area (Å²) in [6, 6.07) is 4.10. The van der Waals surface area contributed by atoms with Crippen LogP contribution in [-0.2, 0) is 16.1 Å². The Kier molecular flexibility index (Phi) is 5.89. The summed E-state index contributed by atoms with van der Waals surface area (Å²) in [7, 11) is 0. The highest BCUT2D eigenvalue weighted by Gasteiger charge is 2.95. The van der Waals surface area contributed by atoms with Gasteiger partial charge in [-0.05, 0) is 96.0 Å². The molecule has 4 nitrogen and oxygen atoms in total. The maximum Gasteiger partial charge on any atom is 0.256 e. The van der Waals surface area contributed by atoms with Gasteiger partial charge in [0.25, 0.3) is 5.91 Å². The van der Waals surface area contributed by atoms with Gasteiger partial charge in [-0.15, -0.1) is 0 Å². The van der Waals surface area contributed by atoms with Crippen LogP contribution in [0.5, 0.6) is 0 Å². The fourth-order valence-corrected chi connectivity index (χ4v) is 10.4. The summed E-state index contributed by atoms with van der Waals surface area (Å²) in [5.41, 5.74) is 3.67. The number of hydroxylamine groups is 2. The number of carbonyl (C=O) groups excluding carboxylic acids is 1. The van der Waals surface area contributed by atoms with Gasteiger partial charge in [0.05, 0.1) is 12.4 Å². The van der Waals surface area contributed by atoms with Crippen LogP contribution in [0.15, 0.2) is 24.5 Å². The van der Waals surface area contributed by atoms with Gasteiger partial charge in [-0.2, -0.15) is 11.8 Å². The lowest BCUT2D eigenvalue weighted by atomic mass is 9.04. The fourth-order valence-electron chi connectivity index (χ4n) is 9.52. The molecule has 5 rings (SSSR count). The van der Waals surface area contributed by atoms with Crippen LogP contribution in [0.3, 0.4) is 0 Å². The Labute approximate surface area is 198 Å². The van der Waals surface area contributed by atoms with Crippen LogP contribution in [0.1, 0.15) is 77.7 Å². The second-order valence-electron chi connectivity index (χ2n) is 11.6. The molecule has 5 heteroatoms. The number of thioether (sulfide) groups is 1. The van der Waals surface area contributed by atoms with E-state index in [1.54, 1.807) is 16.8 Å². The van der Waals surface area contributed by atoms with Crippen molar-refractivity contribution in [2.45, 2.75) is 78.6 Å². The molecule has 4 aliphatic carbocycles. The van der Waals surface area contributed by atoms with Crippen LogP contribution in [0.4, 0.5) is 0 Å². The predicted octanol–water partition coefficient (Wildman–Crippen LogP) is 5.91. The summed E-state index contributed by atoms with van der Waals surface area (Å²) in [5.74, 6) is 2.57. The Hall–Kier alpha value is -1.07. The fraction of sp³-hybridized carbons (Fsp3) is 0.778. The number of amides is 1. The molecule has 176 valence electrons. The van der Waals surface area contributed by atoms with Crippen LogP contribution >= 0.6 is 11.8 Å². The first-order valence-corrected chi connectivity index (χ1v) is 14.0. The second-order valence-corrected chi connectivity index (χ2v) is 12.7. The molecule has 1 heterocycles. The summed E-state index contributed by atoms with van der Waals surface area (Å²) in [6.45, 7) is 8.73. The van der Waals surface area contributed by atoms with Crippen molar-refractivity contribution >= 4 is 17.7 Å². The number of rotatable bonds is 13. The number of aryl methyl sites for hydroxylation is 1. The minimum atomic E-state index is 0.138. The van der Waals surface area contributed by atoms with E-state index >= 15 is 0 Å². The van der Waals surface area contributed by atoms with Gasteiger partial charge in [-0.1, -0.05) is 33.6 Å². The highest BCUT2D eigenvalue weighted by molar-refractivity contribution is 7.99. The van der Waals surface area contributed by atoms with Gasteiger partial charge in [-0.25, -0.2) is 5.06 Å². The average Bonchev–Trinajstić information content (AvgIpc) is 2.73. The summed E-state index contributed by atoms with van der Waals surface area (Å²) >= 11 is 1.71. The number of hydrogen-bond acceptors (Lipinski definition) is 4. The molecule has 1 aromatic rings. The maximum atomic E-state index is 12.9. The van der Waals surface area contributed by atoms with E-state index in [1.165, 1.54) is 31.2 Å². The topological polar surface area (TPSA) is 42.4 Å². The van der Waals surface area contributed by atoms with Crippen molar-refractivity contribution in [1.29, 1.82) is 0 Å². The Morgan fingerprint density at radius 3 is 2.69 bits per heavy atom. The van der Waals surface area contributed by atoms with Crippen LogP contribution in [0.2, 0.25) is 0 Å². The largest absolute Gasteiger partial charge is 0.272 e. The van der Waals surface area contributed by atoms with Crippen molar-refractivity contribution in [2.24, 2.45) is 27.6 Å². The SMILES string of the molecule is CCCCCN(OCCC12CC3CC4(C)CC(C)(C1)C342)C(=O)CSCCc1ccncc1. The molecule has 0 radical (unpaired) electrons. The minimum absolute atomic E-state index is 0.138. The molecule has 0 aromatic carbocycles. The van der Waals surface area contributed by atoms with E-state index in [-0.39, 0.29) is 5.91 Å². The summed E-state index contributed by atoms with van der Waals surface area (Å²) < 4.78 is 0. The van der Waals surface area contributed by atoms with Gasteiger partial charge in [0.2, 0.25) is 0 Å². The van der Waals surface area contributed by atoms with E-state index < -0.39 is 0 Å². The highest BCUT2D eigenvalue weighted by Crippen LogP contribution is 3.02. The molecule has 0 N–H and O–H groups in total. The molecular formula is C27H40N2O2S. The van der Waals surface area contributed by atoms with Crippen molar-refractivity contribution in [3.8, 4) is 0 Å². The zero-order valence-corrected chi connectivity index (χ0v) is 21.0. The Morgan fingerprint density at radius 2 is 2.00 bits per heavy atom. The number of aromatic nitrogens is 1. The zero-order chi connectivity index (χ0) is 22.5. The van der Waals surface area contributed by atoms with Crippen LogP contribution in [0, 0.1) is 27.6 Å². The second kappa shape index (κ2) is 8.30. The lowest BCUT2D eigenvalue weighted by molar-refractivity contribution is -0.516. The Balaban J connectivity index is 1.09. The molecule has 32 heavy (non-hydrogen) atoms. The lowest BCUT2D eigenvalue weighted by Gasteiger charge is -2.99. The standard InChI is InChI=1S/C27H40N2O2S/c1-4-5-6-13-29(23(30)18-32-15-9-21-7-11-28-12-8-21)31-14-10-26-17-22-16-24(2)19-25(3,20-26)27(22,24)26/h7-8,11-12,22H,4-6,9-10,13-20H2,1-3H3. The third-order valence-corrected chi connectivity index (χ3v) is 10.7. The van der Waals surface area contributed by atoms with E-state index in [0.29, 0.717) is 34.0 Å². The Morgan fingerprint density at radius 1 is 1.19 bits per heavy atom. The quantitative estimate of drug-likeness (QED) is 0.273. The van der Waals surface area contributed by atoms with Gasteiger partial charge >= 0.3 is 0 Å². The van der Waals surface area contributed by atoms with E-state index in [4.69, 9.17) is 4.84 Å². The number of pyridine rings is 1. The van der Waals surface area contributed by atoms with Crippen molar-refractivity contribution in [2.75, 3.05) is 24.7 Å². The smallest absolute Gasteiger partial charge is 0.256 e. The van der Waals surface area contributed by atoms with Crippen LogP contribution in [-0.4, -0.2) is 40.6 Å². The molecule has 4 fully saturated rings. The van der Waals surface area contributed by atoms with E-state index in [2.05, 4.69) is 25.8 Å². The lowest BCUT2D eigenvalue weighted by Crippen LogP contribution is -2.93. The molecule has 1 spiro atoms. The Bertz CT molecular complexity index is 839. The molecular weight excluding hydrogens is 416 g/mol. The minimum Gasteiger partial charge on any atom is -0.272 e. The van der Waals surface area contributed by atoms with Gasteiger partial charge < -0.3 is 0 Å². The molecule has 1 aromatic heterocycles. The van der Waals surface area contributed by atoms with E-state index in [0.717, 1.165) is 50.3 Å². The monoisotopic (exact) mass is 456 g/mol. The molecule has 5 atom stereocenters. The van der Waals surface area contributed by atoms with Crippen molar-refractivity contribution < 1.29 is 9.63 Å². The molecule has 0 bridgehead atoms. The maximum absolute atomic E-state index is 12.9. The summed E-state index contributed by atoms with van der Waals surface area (Å²) in [5, 5.41) is 1.71. The number of hydrogen-bond donors (Lipinski definition) is 0. The molecule has 0 aliphatic heterocycles. The molecule has 4 aliphatic rings. The van der Waals surface area contributed by atoms with E-state index in [9.17, 15) is 4.79 Å². The van der Waals surface area contributed by atoms with Crippen LogP contribution in [0.25, 0.3) is 0 Å². The third kappa shape index (κ3) is 3.13. The van der Waals surface area contributed by atoms with Gasteiger partial charge in [0.15, 0.2) is 0 Å².